The normalized spacial score (nSPS) is 11.8. The molecule has 0 bridgehead atoms. The van der Waals surface area contributed by atoms with Crippen molar-refractivity contribution in [2.45, 2.75) is 0 Å². The molecule has 17 heavy (non-hydrogen) atoms. The van der Waals surface area contributed by atoms with E-state index in [1.54, 1.807) is 11.3 Å². The van der Waals surface area contributed by atoms with Crippen LogP contribution in [0.2, 0.25) is 5.02 Å². The second kappa shape index (κ2) is 3.22. The van der Waals surface area contributed by atoms with E-state index < -0.39 is 0 Å². The summed E-state index contributed by atoms with van der Waals surface area (Å²) in [6.45, 7) is 0. The van der Waals surface area contributed by atoms with Crippen LogP contribution in [0.25, 0.3) is 26.1 Å². The molecule has 3 aromatic heterocycles. The van der Waals surface area contributed by atoms with Crippen molar-refractivity contribution in [3.8, 4) is 0 Å². The molecular formula is C13H7ClN2S. The van der Waals surface area contributed by atoms with Crippen LogP contribution in [0.3, 0.4) is 0 Å². The van der Waals surface area contributed by atoms with Gasteiger partial charge in [0.25, 0.3) is 0 Å². The molecule has 0 N–H and O–H groups in total. The van der Waals surface area contributed by atoms with Gasteiger partial charge in [-0.05, 0) is 18.2 Å². The molecule has 0 aliphatic carbocycles. The molecule has 4 rings (SSSR count). The molecule has 0 aliphatic heterocycles. The van der Waals surface area contributed by atoms with E-state index in [0.29, 0.717) is 0 Å². The lowest BCUT2D eigenvalue weighted by Crippen LogP contribution is -1.81. The minimum absolute atomic E-state index is 0.731. The van der Waals surface area contributed by atoms with Gasteiger partial charge >= 0.3 is 0 Å². The van der Waals surface area contributed by atoms with Crippen molar-refractivity contribution in [1.82, 2.24) is 9.38 Å². The third-order valence-electron chi connectivity index (χ3n) is 2.89. The van der Waals surface area contributed by atoms with Crippen LogP contribution in [-0.4, -0.2) is 9.38 Å². The number of aromatic nitrogens is 2. The summed E-state index contributed by atoms with van der Waals surface area (Å²) in [5.74, 6) is 0. The van der Waals surface area contributed by atoms with Gasteiger partial charge in [-0.3, -0.25) is 4.40 Å². The summed E-state index contributed by atoms with van der Waals surface area (Å²) in [4.78, 5) is 5.82. The third-order valence-corrected chi connectivity index (χ3v) is 4.27. The Labute approximate surface area is 106 Å². The van der Waals surface area contributed by atoms with Gasteiger partial charge in [-0.2, -0.15) is 0 Å². The fourth-order valence-electron chi connectivity index (χ4n) is 2.13. The second-order valence-corrected chi connectivity index (χ2v) is 5.41. The van der Waals surface area contributed by atoms with E-state index in [0.717, 1.165) is 21.0 Å². The molecule has 0 radical (unpaired) electrons. The first-order chi connectivity index (χ1) is 8.33. The zero-order chi connectivity index (χ0) is 11.4. The Morgan fingerprint density at radius 1 is 1.12 bits per heavy atom. The van der Waals surface area contributed by atoms with Crippen molar-refractivity contribution in [2.75, 3.05) is 0 Å². The monoisotopic (exact) mass is 258 g/mol. The maximum absolute atomic E-state index is 6.03. The van der Waals surface area contributed by atoms with Crippen LogP contribution < -0.4 is 0 Å². The van der Waals surface area contributed by atoms with Crippen LogP contribution in [0.4, 0.5) is 0 Å². The van der Waals surface area contributed by atoms with Gasteiger partial charge in [-0.25, -0.2) is 4.98 Å². The number of hydrogen-bond acceptors (Lipinski definition) is 2. The average molecular weight is 259 g/mol. The quantitative estimate of drug-likeness (QED) is 0.458. The number of imidazole rings is 1. The Kier molecular flexibility index (Phi) is 1.79. The largest absolute Gasteiger partial charge is 0.290 e. The fourth-order valence-corrected chi connectivity index (χ4v) is 3.41. The van der Waals surface area contributed by atoms with Crippen molar-refractivity contribution in [3.05, 3.63) is 47.6 Å². The highest BCUT2D eigenvalue weighted by molar-refractivity contribution is 7.25. The van der Waals surface area contributed by atoms with Crippen LogP contribution in [-0.2, 0) is 0 Å². The number of halogens is 1. The molecule has 4 aromatic rings. The van der Waals surface area contributed by atoms with E-state index in [4.69, 9.17) is 11.6 Å². The summed E-state index contributed by atoms with van der Waals surface area (Å²) in [6, 6.07) is 12.2. The Bertz CT molecular complexity index is 860. The first-order valence-corrected chi connectivity index (χ1v) is 6.47. The Morgan fingerprint density at radius 2 is 2.00 bits per heavy atom. The number of rotatable bonds is 0. The minimum atomic E-state index is 0.731. The second-order valence-electron chi connectivity index (χ2n) is 3.94. The summed E-state index contributed by atoms with van der Waals surface area (Å²) in [5, 5.41) is 1.95. The molecule has 0 spiro atoms. The number of pyridine rings is 1. The van der Waals surface area contributed by atoms with Crippen LogP contribution in [0, 0.1) is 0 Å². The first-order valence-electron chi connectivity index (χ1n) is 5.28. The molecule has 0 saturated heterocycles. The van der Waals surface area contributed by atoms with Crippen LogP contribution in [0.15, 0.2) is 42.6 Å². The molecule has 1 aromatic carbocycles. The number of benzene rings is 1. The Hall–Kier alpha value is -1.58. The van der Waals surface area contributed by atoms with Gasteiger partial charge in [-0.15, -0.1) is 11.3 Å². The number of thiophene rings is 1. The standard InChI is InChI=1S/C13H7ClN2S/c14-8-5-6-11-15-12-9-3-1-2-4-10(9)17-13(12)16(11)7-8/h1-7H. The van der Waals surface area contributed by atoms with Crippen molar-refractivity contribution in [1.29, 1.82) is 0 Å². The van der Waals surface area contributed by atoms with E-state index >= 15 is 0 Å². The SMILES string of the molecule is Clc1ccc2nc3c4ccccc4sc3n2c1. The lowest BCUT2D eigenvalue weighted by Gasteiger charge is -1.93. The predicted octanol–water partition coefficient (Wildman–Crippen LogP) is 4.36. The molecule has 0 atom stereocenters. The van der Waals surface area contributed by atoms with Gasteiger partial charge < -0.3 is 0 Å². The maximum Gasteiger partial charge on any atom is 0.138 e. The molecule has 0 aliphatic rings. The van der Waals surface area contributed by atoms with Crippen LogP contribution in [0.5, 0.6) is 0 Å². The van der Waals surface area contributed by atoms with Crippen LogP contribution >= 0.6 is 22.9 Å². The van der Waals surface area contributed by atoms with Gasteiger partial charge in [-0.1, -0.05) is 29.8 Å². The molecule has 0 fully saturated rings. The summed E-state index contributed by atoms with van der Waals surface area (Å²) < 4.78 is 3.32. The Balaban J connectivity index is 2.30. The van der Waals surface area contributed by atoms with Gasteiger partial charge in [0.1, 0.15) is 16.0 Å². The summed E-state index contributed by atoms with van der Waals surface area (Å²) in [6.07, 6.45) is 1.92. The van der Waals surface area contributed by atoms with Crippen molar-refractivity contribution in [3.63, 3.8) is 0 Å². The maximum atomic E-state index is 6.03. The van der Waals surface area contributed by atoms with E-state index in [2.05, 4.69) is 27.6 Å². The Morgan fingerprint density at radius 3 is 2.94 bits per heavy atom. The average Bonchev–Trinajstić information content (AvgIpc) is 2.85. The number of hydrogen-bond donors (Lipinski definition) is 0. The number of nitrogens with zero attached hydrogens (tertiary/aromatic N) is 2. The third kappa shape index (κ3) is 1.24. The summed E-state index contributed by atoms with van der Waals surface area (Å²) >= 11 is 7.78. The van der Waals surface area contributed by atoms with Crippen molar-refractivity contribution < 1.29 is 0 Å². The fraction of sp³-hybridized carbons (Fsp3) is 0. The summed E-state index contributed by atoms with van der Waals surface area (Å²) in [5.41, 5.74) is 2.01. The highest BCUT2D eigenvalue weighted by atomic mass is 35.5. The molecule has 0 saturated carbocycles. The molecular weight excluding hydrogens is 252 g/mol. The predicted molar refractivity (Wildman–Crippen MR) is 73.1 cm³/mol. The van der Waals surface area contributed by atoms with Gasteiger partial charge in [0.05, 0.1) is 5.02 Å². The summed E-state index contributed by atoms with van der Waals surface area (Å²) in [7, 11) is 0. The highest BCUT2D eigenvalue weighted by Crippen LogP contribution is 2.34. The molecule has 3 heterocycles. The number of fused-ring (bicyclic) bond motifs is 5. The van der Waals surface area contributed by atoms with E-state index in [1.807, 2.05) is 24.4 Å². The first kappa shape index (κ1) is 9.45. The zero-order valence-corrected chi connectivity index (χ0v) is 10.3. The molecule has 82 valence electrons. The molecule has 0 unspecified atom stereocenters. The smallest absolute Gasteiger partial charge is 0.138 e. The van der Waals surface area contributed by atoms with Gasteiger partial charge in [0, 0.05) is 16.3 Å². The minimum Gasteiger partial charge on any atom is -0.290 e. The van der Waals surface area contributed by atoms with Crippen molar-refractivity contribution >= 4 is 49.0 Å². The lowest BCUT2D eigenvalue weighted by atomic mass is 10.2. The van der Waals surface area contributed by atoms with E-state index in [9.17, 15) is 0 Å². The topological polar surface area (TPSA) is 17.3 Å². The van der Waals surface area contributed by atoms with Gasteiger partial charge in [0.15, 0.2) is 0 Å². The molecule has 4 heteroatoms. The van der Waals surface area contributed by atoms with E-state index in [-0.39, 0.29) is 0 Å². The van der Waals surface area contributed by atoms with Crippen LogP contribution in [0.1, 0.15) is 0 Å². The van der Waals surface area contributed by atoms with E-state index in [1.165, 1.54) is 10.1 Å². The molecule has 0 amide bonds. The van der Waals surface area contributed by atoms with Crippen molar-refractivity contribution in [2.24, 2.45) is 0 Å². The van der Waals surface area contributed by atoms with Gasteiger partial charge in [0.2, 0.25) is 0 Å². The highest BCUT2D eigenvalue weighted by Gasteiger charge is 2.11. The zero-order valence-electron chi connectivity index (χ0n) is 8.72. The molecule has 2 nitrogen and oxygen atoms in total. The lowest BCUT2D eigenvalue weighted by molar-refractivity contribution is 1.24.